The van der Waals surface area contributed by atoms with Crippen LogP contribution in [0.3, 0.4) is 0 Å². The van der Waals surface area contributed by atoms with Crippen molar-refractivity contribution in [1.29, 1.82) is 0 Å². The predicted molar refractivity (Wildman–Crippen MR) is 136 cm³/mol. The molecule has 3 aliphatic rings. The molecule has 36 heavy (non-hydrogen) atoms. The van der Waals surface area contributed by atoms with Gasteiger partial charge < -0.3 is 20.5 Å². The van der Waals surface area contributed by atoms with E-state index in [2.05, 4.69) is 15.2 Å². The van der Waals surface area contributed by atoms with Crippen LogP contribution in [-0.4, -0.2) is 41.1 Å². The van der Waals surface area contributed by atoms with E-state index >= 15 is 0 Å². The van der Waals surface area contributed by atoms with Crippen LogP contribution in [0.4, 0.5) is 5.13 Å². The van der Waals surface area contributed by atoms with Crippen LogP contribution in [0.2, 0.25) is 5.02 Å². The first-order chi connectivity index (χ1) is 17.5. The number of likely N-dealkylation sites (tertiary alicyclic amines) is 1. The standard InChI is InChI=1S/C26H25ClN4O4S/c27-17-5-2-1-4-16(17)22(31-11-3-6-18(31)23(28)32)21-13-29-25(36-21)30-24(33)26(9-10-26)15-7-8-19-20(12-15)35-14-34-19/h1-2,4-5,7-8,12-13,18,22H,3,6,9-11,14H2,(H2,28,32)(H,29,30,33)/t18-,22?/m0/s1. The number of hydrogen-bond donors (Lipinski definition) is 2. The van der Waals surface area contributed by atoms with Crippen LogP contribution in [0.15, 0.2) is 48.7 Å². The number of nitrogens with one attached hydrogen (secondary N) is 1. The fraction of sp³-hybridized carbons (Fsp3) is 0.346. The van der Waals surface area contributed by atoms with Crippen LogP contribution in [0.25, 0.3) is 0 Å². The maximum atomic E-state index is 13.4. The first-order valence-electron chi connectivity index (χ1n) is 11.9. The van der Waals surface area contributed by atoms with Crippen LogP contribution in [0, 0.1) is 0 Å². The van der Waals surface area contributed by atoms with E-state index in [0.29, 0.717) is 28.1 Å². The lowest BCUT2D eigenvalue weighted by molar-refractivity contribution is -0.122. The van der Waals surface area contributed by atoms with Crippen molar-refractivity contribution in [2.75, 3.05) is 18.7 Å². The van der Waals surface area contributed by atoms with Crippen LogP contribution < -0.4 is 20.5 Å². The quantitative estimate of drug-likeness (QED) is 0.479. The Labute approximate surface area is 217 Å². The van der Waals surface area contributed by atoms with E-state index in [4.69, 9.17) is 26.8 Å². The van der Waals surface area contributed by atoms with Gasteiger partial charge in [0.1, 0.15) is 0 Å². The molecule has 10 heteroatoms. The van der Waals surface area contributed by atoms with E-state index < -0.39 is 5.41 Å². The Hall–Kier alpha value is -3.14. The van der Waals surface area contributed by atoms with Gasteiger partial charge in [-0.2, -0.15) is 0 Å². The molecule has 1 saturated heterocycles. The van der Waals surface area contributed by atoms with Gasteiger partial charge in [-0.3, -0.25) is 14.5 Å². The predicted octanol–water partition coefficient (Wildman–Crippen LogP) is 4.23. The molecule has 6 rings (SSSR count). The Kier molecular flexibility index (Phi) is 5.86. The van der Waals surface area contributed by atoms with Gasteiger partial charge in [-0.15, -0.1) is 0 Å². The molecule has 2 aliphatic heterocycles. The summed E-state index contributed by atoms with van der Waals surface area (Å²) in [6.07, 6.45) is 4.84. The molecule has 0 radical (unpaired) electrons. The monoisotopic (exact) mass is 524 g/mol. The lowest BCUT2D eigenvalue weighted by Gasteiger charge is -2.31. The zero-order valence-corrected chi connectivity index (χ0v) is 21.0. The maximum absolute atomic E-state index is 13.4. The number of rotatable bonds is 7. The third-order valence-electron chi connectivity index (χ3n) is 7.28. The van der Waals surface area contributed by atoms with Crippen molar-refractivity contribution >= 4 is 39.9 Å². The molecule has 3 heterocycles. The number of carbonyl (C=O) groups is 2. The number of hydrogen-bond acceptors (Lipinski definition) is 7. The van der Waals surface area contributed by atoms with Gasteiger partial charge in [0, 0.05) is 16.1 Å². The van der Waals surface area contributed by atoms with Crippen LogP contribution >= 0.6 is 22.9 Å². The molecule has 0 spiro atoms. The number of ether oxygens (including phenoxy) is 2. The summed E-state index contributed by atoms with van der Waals surface area (Å²) in [5.41, 5.74) is 6.93. The third-order valence-corrected chi connectivity index (χ3v) is 8.59. The molecule has 1 aromatic heterocycles. The Balaban J connectivity index is 1.27. The molecular formula is C26H25ClN4O4S. The number of aromatic nitrogens is 1. The van der Waals surface area contributed by atoms with Crippen molar-refractivity contribution in [3.8, 4) is 11.5 Å². The zero-order valence-electron chi connectivity index (χ0n) is 19.4. The SMILES string of the molecule is NC(=O)[C@@H]1CCCN1C(c1cnc(NC(=O)C2(c3ccc4c(c3)OCO4)CC2)s1)c1ccccc1Cl. The Bertz CT molecular complexity index is 1340. The molecule has 186 valence electrons. The van der Waals surface area contributed by atoms with E-state index in [9.17, 15) is 9.59 Å². The summed E-state index contributed by atoms with van der Waals surface area (Å²) in [6, 6.07) is 12.6. The number of halogens is 1. The number of nitrogens with zero attached hydrogens (tertiary/aromatic N) is 2. The largest absolute Gasteiger partial charge is 0.454 e. The number of nitrogens with two attached hydrogens (primary N) is 1. The molecule has 8 nitrogen and oxygen atoms in total. The molecule has 2 fully saturated rings. The van der Waals surface area contributed by atoms with Crippen molar-refractivity contribution in [2.45, 2.75) is 43.2 Å². The lowest BCUT2D eigenvalue weighted by atomic mass is 9.94. The normalized spacial score (nSPS) is 20.8. The smallest absolute Gasteiger partial charge is 0.236 e. The second-order valence-corrected chi connectivity index (χ2v) is 10.9. The summed E-state index contributed by atoms with van der Waals surface area (Å²) in [5, 5.41) is 4.15. The highest BCUT2D eigenvalue weighted by molar-refractivity contribution is 7.15. The summed E-state index contributed by atoms with van der Waals surface area (Å²) in [7, 11) is 0. The van der Waals surface area contributed by atoms with E-state index in [1.807, 2.05) is 42.5 Å². The molecule has 2 atom stereocenters. The van der Waals surface area contributed by atoms with Crippen molar-refractivity contribution in [3.05, 3.63) is 69.7 Å². The molecule has 3 N–H and O–H groups in total. The second-order valence-electron chi connectivity index (χ2n) is 9.39. The van der Waals surface area contributed by atoms with Crippen LogP contribution in [0.5, 0.6) is 11.5 Å². The summed E-state index contributed by atoms with van der Waals surface area (Å²) in [5.74, 6) is 0.927. The molecule has 1 saturated carbocycles. The highest BCUT2D eigenvalue weighted by Gasteiger charge is 2.52. The topological polar surface area (TPSA) is 107 Å². The van der Waals surface area contributed by atoms with E-state index in [1.165, 1.54) is 11.3 Å². The second kappa shape index (κ2) is 9.06. The summed E-state index contributed by atoms with van der Waals surface area (Å²) in [4.78, 5) is 33.1. The molecule has 1 aliphatic carbocycles. The number of fused-ring (bicyclic) bond motifs is 1. The summed E-state index contributed by atoms with van der Waals surface area (Å²) in [6.45, 7) is 0.913. The van der Waals surface area contributed by atoms with Gasteiger partial charge in [-0.25, -0.2) is 4.98 Å². The molecule has 0 bridgehead atoms. The number of carbonyl (C=O) groups excluding carboxylic acids is 2. The van der Waals surface area contributed by atoms with Gasteiger partial charge in [-0.05, 0) is 61.6 Å². The number of benzene rings is 2. The first kappa shape index (κ1) is 23.3. The Morgan fingerprint density at radius 3 is 2.78 bits per heavy atom. The molecule has 1 unspecified atom stereocenters. The Morgan fingerprint density at radius 2 is 2.00 bits per heavy atom. The van der Waals surface area contributed by atoms with Crippen LogP contribution in [0.1, 0.15) is 47.7 Å². The first-order valence-corrected chi connectivity index (χ1v) is 13.1. The maximum Gasteiger partial charge on any atom is 0.236 e. The van der Waals surface area contributed by atoms with Gasteiger partial charge in [-0.1, -0.05) is 47.2 Å². The Morgan fingerprint density at radius 1 is 1.19 bits per heavy atom. The summed E-state index contributed by atoms with van der Waals surface area (Å²) < 4.78 is 10.9. The third kappa shape index (κ3) is 4.01. The number of thiazole rings is 1. The molecule has 2 amide bonds. The average Bonchev–Trinajstić information content (AvgIpc) is 3.20. The van der Waals surface area contributed by atoms with E-state index in [1.54, 1.807) is 6.20 Å². The number of anilines is 1. The van der Waals surface area contributed by atoms with Gasteiger partial charge in [0.2, 0.25) is 18.6 Å². The average molecular weight is 525 g/mol. The molecular weight excluding hydrogens is 500 g/mol. The molecule has 3 aromatic rings. The van der Waals surface area contributed by atoms with Gasteiger partial charge in [0.05, 0.1) is 17.5 Å². The fourth-order valence-electron chi connectivity index (χ4n) is 5.25. The molecule has 2 aromatic carbocycles. The van der Waals surface area contributed by atoms with E-state index in [0.717, 1.165) is 41.8 Å². The highest BCUT2D eigenvalue weighted by atomic mass is 35.5. The number of primary amides is 1. The minimum atomic E-state index is -0.596. The fourth-order valence-corrected chi connectivity index (χ4v) is 6.44. The minimum absolute atomic E-state index is 0.0901. The van der Waals surface area contributed by atoms with Crippen molar-refractivity contribution < 1.29 is 19.1 Å². The highest BCUT2D eigenvalue weighted by Crippen LogP contribution is 2.51. The number of amides is 2. The van der Waals surface area contributed by atoms with Gasteiger partial charge in [0.15, 0.2) is 16.6 Å². The van der Waals surface area contributed by atoms with Crippen molar-refractivity contribution in [2.24, 2.45) is 5.73 Å². The van der Waals surface area contributed by atoms with Gasteiger partial charge in [0.25, 0.3) is 0 Å². The zero-order chi connectivity index (χ0) is 24.9. The van der Waals surface area contributed by atoms with Crippen molar-refractivity contribution in [3.63, 3.8) is 0 Å². The van der Waals surface area contributed by atoms with Crippen molar-refractivity contribution in [1.82, 2.24) is 9.88 Å². The minimum Gasteiger partial charge on any atom is -0.454 e. The lowest BCUT2D eigenvalue weighted by Crippen LogP contribution is -2.42. The van der Waals surface area contributed by atoms with E-state index in [-0.39, 0.29) is 30.7 Å². The summed E-state index contributed by atoms with van der Waals surface area (Å²) >= 11 is 7.99. The van der Waals surface area contributed by atoms with Gasteiger partial charge >= 0.3 is 0 Å². The van der Waals surface area contributed by atoms with Crippen LogP contribution in [-0.2, 0) is 15.0 Å².